The standard InChI is InChI=1S/C10H8ClN3O3/c1-13(5-4-12)10(15)8-3-2-7(14(16)17)6-9(8)11/h2-3,6H,5H2,1H3. The fourth-order valence-electron chi connectivity index (χ4n) is 1.17. The molecule has 0 fully saturated rings. The number of carbonyl (C=O) groups is 1. The number of hydrogen-bond donors (Lipinski definition) is 0. The molecule has 1 aromatic carbocycles. The molecule has 0 aromatic heterocycles. The van der Waals surface area contributed by atoms with Gasteiger partial charge in [-0.25, -0.2) is 0 Å². The van der Waals surface area contributed by atoms with E-state index in [2.05, 4.69) is 0 Å². The molecule has 0 bridgehead atoms. The zero-order valence-corrected chi connectivity index (χ0v) is 9.64. The maximum atomic E-state index is 11.8. The number of carbonyl (C=O) groups excluding carboxylic acids is 1. The number of nitriles is 1. The first kappa shape index (κ1) is 12.9. The maximum Gasteiger partial charge on any atom is 0.270 e. The Balaban J connectivity index is 3.05. The number of halogens is 1. The van der Waals surface area contributed by atoms with Gasteiger partial charge in [-0.15, -0.1) is 0 Å². The third-order valence-corrected chi connectivity index (χ3v) is 2.36. The first-order valence-electron chi connectivity index (χ1n) is 4.53. The fourth-order valence-corrected chi connectivity index (χ4v) is 1.43. The van der Waals surface area contributed by atoms with E-state index in [4.69, 9.17) is 16.9 Å². The van der Waals surface area contributed by atoms with Gasteiger partial charge >= 0.3 is 0 Å². The van der Waals surface area contributed by atoms with Crippen molar-refractivity contribution in [3.63, 3.8) is 0 Å². The molecule has 17 heavy (non-hydrogen) atoms. The minimum atomic E-state index is -0.598. The van der Waals surface area contributed by atoms with Gasteiger partial charge in [-0.3, -0.25) is 14.9 Å². The summed E-state index contributed by atoms with van der Waals surface area (Å²) >= 11 is 5.78. The van der Waals surface area contributed by atoms with Crippen LogP contribution in [0.3, 0.4) is 0 Å². The third-order valence-electron chi connectivity index (χ3n) is 2.05. The lowest BCUT2D eigenvalue weighted by Gasteiger charge is -2.13. The minimum absolute atomic E-state index is 0.00557. The molecule has 0 saturated heterocycles. The smallest absolute Gasteiger partial charge is 0.270 e. The number of benzene rings is 1. The lowest BCUT2D eigenvalue weighted by atomic mass is 10.2. The highest BCUT2D eigenvalue weighted by Crippen LogP contribution is 2.23. The van der Waals surface area contributed by atoms with E-state index in [0.717, 1.165) is 6.07 Å². The molecule has 0 aliphatic rings. The maximum absolute atomic E-state index is 11.8. The molecule has 1 amide bonds. The molecule has 1 rings (SSSR count). The SMILES string of the molecule is CN(CC#N)C(=O)c1ccc([N+](=O)[O-])cc1Cl. The van der Waals surface area contributed by atoms with E-state index in [1.165, 1.54) is 24.1 Å². The summed E-state index contributed by atoms with van der Waals surface area (Å²) < 4.78 is 0. The Kier molecular flexibility index (Phi) is 4.01. The van der Waals surface area contributed by atoms with E-state index in [9.17, 15) is 14.9 Å². The van der Waals surface area contributed by atoms with Gasteiger partial charge in [-0.1, -0.05) is 11.6 Å². The molecule has 0 saturated carbocycles. The van der Waals surface area contributed by atoms with Crippen LogP contribution in [0.5, 0.6) is 0 Å². The molecule has 0 unspecified atom stereocenters. The number of nitro groups is 1. The summed E-state index contributed by atoms with van der Waals surface area (Å²) in [6, 6.07) is 5.40. The van der Waals surface area contributed by atoms with Crippen molar-refractivity contribution in [3.05, 3.63) is 38.9 Å². The van der Waals surface area contributed by atoms with Crippen molar-refractivity contribution in [2.45, 2.75) is 0 Å². The van der Waals surface area contributed by atoms with Gasteiger partial charge in [-0.05, 0) is 6.07 Å². The summed E-state index contributed by atoms with van der Waals surface area (Å²) in [5, 5.41) is 18.9. The second kappa shape index (κ2) is 5.27. The number of hydrogen-bond acceptors (Lipinski definition) is 4. The largest absolute Gasteiger partial charge is 0.328 e. The van der Waals surface area contributed by atoms with Gasteiger partial charge in [0.05, 0.1) is 21.6 Å². The predicted octanol–water partition coefficient (Wildman–Crippen LogP) is 1.84. The summed E-state index contributed by atoms with van der Waals surface area (Å²) in [7, 11) is 1.45. The monoisotopic (exact) mass is 253 g/mol. The Morgan fingerprint density at radius 1 is 1.65 bits per heavy atom. The van der Waals surface area contributed by atoms with Gasteiger partial charge < -0.3 is 4.90 Å². The van der Waals surface area contributed by atoms with Crippen LogP contribution in [0.4, 0.5) is 5.69 Å². The molecule has 7 heteroatoms. The second-order valence-electron chi connectivity index (χ2n) is 3.24. The van der Waals surface area contributed by atoms with Crippen LogP contribution < -0.4 is 0 Å². The molecular formula is C10H8ClN3O3. The fraction of sp³-hybridized carbons (Fsp3) is 0.200. The van der Waals surface area contributed by atoms with E-state index in [1.54, 1.807) is 0 Å². The van der Waals surface area contributed by atoms with Gasteiger partial charge in [0.1, 0.15) is 6.54 Å². The molecule has 0 atom stereocenters. The van der Waals surface area contributed by atoms with Crippen LogP contribution in [0.1, 0.15) is 10.4 Å². The summed E-state index contributed by atoms with van der Waals surface area (Å²) in [5.74, 6) is -0.452. The molecule has 0 heterocycles. The Hall–Kier alpha value is -2.13. The van der Waals surface area contributed by atoms with Gasteiger partial charge in [0.15, 0.2) is 0 Å². The van der Waals surface area contributed by atoms with E-state index in [-0.39, 0.29) is 22.8 Å². The van der Waals surface area contributed by atoms with Gasteiger partial charge in [0.2, 0.25) is 0 Å². The molecular weight excluding hydrogens is 246 g/mol. The number of nitrogens with zero attached hydrogens (tertiary/aromatic N) is 3. The van der Waals surface area contributed by atoms with Crippen LogP contribution in [0, 0.1) is 21.4 Å². The molecule has 0 spiro atoms. The lowest BCUT2D eigenvalue weighted by Crippen LogP contribution is -2.27. The lowest BCUT2D eigenvalue weighted by molar-refractivity contribution is -0.384. The molecule has 0 radical (unpaired) electrons. The van der Waals surface area contributed by atoms with Gasteiger partial charge in [-0.2, -0.15) is 5.26 Å². The highest BCUT2D eigenvalue weighted by molar-refractivity contribution is 6.34. The summed E-state index contributed by atoms with van der Waals surface area (Å²) in [5.41, 5.74) is -0.0514. The molecule has 0 N–H and O–H groups in total. The van der Waals surface area contributed by atoms with Gasteiger partial charge in [0.25, 0.3) is 11.6 Å². The second-order valence-corrected chi connectivity index (χ2v) is 3.65. The highest BCUT2D eigenvalue weighted by Gasteiger charge is 2.17. The predicted molar refractivity (Wildman–Crippen MR) is 60.7 cm³/mol. The van der Waals surface area contributed by atoms with Crippen molar-refractivity contribution in [2.75, 3.05) is 13.6 Å². The third kappa shape index (κ3) is 2.92. The Morgan fingerprint density at radius 2 is 2.29 bits per heavy atom. The van der Waals surface area contributed by atoms with Crippen molar-refractivity contribution < 1.29 is 9.72 Å². The average Bonchev–Trinajstić information content (AvgIpc) is 2.28. The number of rotatable bonds is 3. The molecule has 88 valence electrons. The Labute approximate surface area is 102 Å². The molecule has 6 nitrogen and oxygen atoms in total. The number of amides is 1. The van der Waals surface area contributed by atoms with Crippen LogP contribution in [0.2, 0.25) is 5.02 Å². The summed E-state index contributed by atoms with van der Waals surface area (Å²) in [6.07, 6.45) is 0. The van der Waals surface area contributed by atoms with Crippen molar-refractivity contribution in [3.8, 4) is 6.07 Å². The quantitative estimate of drug-likeness (QED) is 0.467. The van der Waals surface area contributed by atoms with E-state index >= 15 is 0 Å². The first-order valence-corrected chi connectivity index (χ1v) is 4.91. The van der Waals surface area contributed by atoms with Crippen LogP contribution in [-0.2, 0) is 0 Å². The topological polar surface area (TPSA) is 87.2 Å². The van der Waals surface area contributed by atoms with Crippen molar-refractivity contribution in [1.82, 2.24) is 4.90 Å². The van der Waals surface area contributed by atoms with Crippen molar-refractivity contribution >= 4 is 23.2 Å². The Morgan fingerprint density at radius 3 is 2.76 bits per heavy atom. The zero-order chi connectivity index (χ0) is 13.0. The molecule has 1 aromatic rings. The van der Waals surface area contributed by atoms with Crippen molar-refractivity contribution in [2.24, 2.45) is 0 Å². The van der Waals surface area contributed by atoms with Gasteiger partial charge in [0, 0.05) is 19.2 Å². The van der Waals surface area contributed by atoms with Crippen LogP contribution in [-0.4, -0.2) is 29.3 Å². The van der Waals surface area contributed by atoms with E-state index in [0.29, 0.717) is 0 Å². The summed E-state index contributed by atoms with van der Waals surface area (Å²) in [4.78, 5) is 22.8. The van der Waals surface area contributed by atoms with Crippen LogP contribution in [0.15, 0.2) is 18.2 Å². The van der Waals surface area contributed by atoms with Crippen LogP contribution in [0.25, 0.3) is 0 Å². The van der Waals surface area contributed by atoms with Crippen LogP contribution >= 0.6 is 11.6 Å². The summed E-state index contributed by atoms with van der Waals surface area (Å²) in [6.45, 7) is -0.0772. The normalized spacial score (nSPS) is 9.47. The first-order chi connectivity index (χ1) is 7.97. The Bertz CT molecular complexity index is 510. The average molecular weight is 254 g/mol. The zero-order valence-electron chi connectivity index (χ0n) is 8.88. The van der Waals surface area contributed by atoms with E-state index < -0.39 is 10.8 Å². The molecule has 0 aliphatic heterocycles. The number of nitro benzene ring substituents is 1. The minimum Gasteiger partial charge on any atom is -0.328 e. The van der Waals surface area contributed by atoms with Crippen molar-refractivity contribution in [1.29, 1.82) is 5.26 Å². The molecule has 0 aliphatic carbocycles. The highest BCUT2D eigenvalue weighted by atomic mass is 35.5. The van der Waals surface area contributed by atoms with E-state index in [1.807, 2.05) is 6.07 Å². The number of non-ortho nitro benzene ring substituents is 1.